The first kappa shape index (κ1) is 11.0. The molecule has 1 aliphatic heterocycles. The van der Waals surface area contributed by atoms with Gasteiger partial charge < -0.3 is 10.5 Å². The minimum atomic E-state index is 0.165. The first-order chi connectivity index (χ1) is 7.27. The van der Waals surface area contributed by atoms with E-state index >= 15 is 0 Å². The average Bonchev–Trinajstić information content (AvgIpc) is 2.30. The normalized spacial score (nSPS) is 34.1. The summed E-state index contributed by atoms with van der Waals surface area (Å²) in [6, 6.07) is 0.165. The van der Waals surface area contributed by atoms with Crippen LogP contribution in [-0.2, 0) is 4.74 Å². The second-order valence-electron chi connectivity index (χ2n) is 5.14. The SMILES string of the molecule is CC1CCC(C(N)C2=CCCCO2)CC1. The molecule has 1 heterocycles. The summed E-state index contributed by atoms with van der Waals surface area (Å²) in [6.45, 7) is 3.21. The van der Waals surface area contributed by atoms with Crippen LogP contribution in [0.2, 0.25) is 0 Å². The van der Waals surface area contributed by atoms with Crippen molar-refractivity contribution in [1.82, 2.24) is 0 Å². The number of hydrogen-bond acceptors (Lipinski definition) is 2. The van der Waals surface area contributed by atoms with Crippen molar-refractivity contribution in [2.24, 2.45) is 17.6 Å². The molecule has 86 valence electrons. The third-order valence-corrected chi connectivity index (χ3v) is 3.86. The van der Waals surface area contributed by atoms with Crippen LogP contribution in [0.25, 0.3) is 0 Å². The zero-order valence-electron chi connectivity index (χ0n) is 9.74. The van der Waals surface area contributed by atoms with E-state index in [1.165, 1.54) is 25.7 Å². The molecular weight excluding hydrogens is 186 g/mol. The summed E-state index contributed by atoms with van der Waals surface area (Å²) in [4.78, 5) is 0. The average molecular weight is 209 g/mol. The van der Waals surface area contributed by atoms with Crippen molar-refractivity contribution < 1.29 is 4.74 Å². The smallest absolute Gasteiger partial charge is 0.109 e. The maximum absolute atomic E-state index is 6.28. The molecule has 1 fully saturated rings. The highest BCUT2D eigenvalue weighted by molar-refractivity contribution is 5.06. The predicted molar refractivity (Wildman–Crippen MR) is 62.4 cm³/mol. The molecule has 2 heteroatoms. The highest BCUT2D eigenvalue weighted by Crippen LogP contribution is 2.32. The van der Waals surface area contributed by atoms with E-state index in [1.54, 1.807) is 0 Å². The van der Waals surface area contributed by atoms with E-state index in [0.717, 1.165) is 31.1 Å². The number of allylic oxidation sites excluding steroid dienone is 1. The fraction of sp³-hybridized carbons (Fsp3) is 0.846. The van der Waals surface area contributed by atoms with E-state index in [0.29, 0.717) is 5.92 Å². The molecule has 0 radical (unpaired) electrons. The molecule has 2 rings (SSSR count). The lowest BCUT2D eigenvalue weighted by molar-refractivity contribution is 0.147. The second-order valence-corrected chi connectivity index (χ2v) is 5.14. The van der Waals surface area contributed by atoms with Gasteiger partial charge in [0.1, 0.15) is 5.76 Å². The molecule has 2 N–H and O–H groups in total. The van der Waals surface area contributed by atoms with Gasteiger partial charge in [0.25, 0.3) is 0 Å². The Morgan fingerprint density at radius 1 is 1.33 bits per heavy atom. The predicted octanol–water partition coefficient (Wildman–Crippen LogP) is 2.83. The molecule has 1 aliphatic carbocycles. The molecule has 1 unspecified atom stereocenters. The minimum absolute atomic E-state index is 0.165. The number of nitrogens with two attached hydrogens (primary N) is 1. The molecule has 1 atom stereocenters. The van der Waals surface area contributed by atoms with Gasteiger partial charge in [0, 0.05) is 0 Å². The third kappa shape index (κ3) is 2.75. The van der Waals surface area contributed by atoms with Crippen molar-refractivity contribution in [1.29, 1.82) is 0 Å². The maximum atomic E-state index is 6.28. The number of hydrogen-bond donors (Lipinski definition) is 1. The highest BCUT2D eigenvalue weighted by atomic mass is 16.5. The molecule has 2 aliphatic rings. The Bertz CT molecular complexity index is 229. The summed E-state index contributed by atoms with van der Waals surface area (Å²) in [6.07, 6.45) is 9.74. The summed E-state index contributed by atoms with van der Waals surface area (Å²) in [5.74, 6) is 2.63. The lowest BCUT2D eigenvalue weighted by Gasteiger charge is -2.32. The van der Waals surface area contributed by atoms with Gasteiger partial charge in [0.05, 0.1) is 12.6 Å². The Balaban J connectivity index is 1.89. The van der Waals surface area contributed by atoms with E-state index in [1.807, 2.05) is 0 Å². The summed E-state index contributed by atoms with van der Waals surface area (Å²) in [7, 11) is 0. The van der Waals surface area contributed by atoms with E-state index in [9.17, 15) is 0 Å². The van der Waals surface area contributed by atoms with E-state index in [4.69, 9.17) is 10.5 Å². The standard InChI is InChI=1S/C13H23NO/c1-10-5-7-11(8-6-10)13(14)12-4-2-3-9-15-12/h4,10-11,13H,2-3,5-9,14H2,1H3. The van der Waals surface area contributed by atoms with Gasteiger partial charge in [-0.05, 0) is 43.6 Å². The van der Waals surface area contributed by atoms with Crippen LogP contribution in [0.5, 0.6) is 0 Å². The van der Waals surface area contributed by atoms with E-state index in [2.05, 4.69) is 13.0 Å². The third-order valence-electron chi connectivity index (χ3n) is 3.86. The Kier molecular flexibility index (Phi) is 3.68. The molecule has 0 aromatic carbocycles. The van der Waals surface area contributed by atoms with Crippen molar-refractivity contribution >= 4 is 0 Å². The quantitative estimate of drug-likeness (QED) is 0.759. The molecule has 1 saturated carbocycles. The Morgan fingerprint density at radius 3 is 2.67 bits per heavy atom. The lowest BCUT2D eigenvalue weighted by atomic mass is 9.79. The van der Waals surface area contributed by atoms with Crippen molar-refractivity contribution in [3.05, 3.63) is 11.8 Å². The van der Waals surface area contributed by atoms with Crippen LogP contribution in [-0.4, -0.2) is 12.6 Å². The summed E-state index contributed by atoms with van der Waals surface area (Å²) in [5, 5.41) is 0. The van der Waals surface area contributed by atoms with Crippen LogP contribution in [0.15, 0.2) is 11.8 Å². The first-order valence-electron chi connectivity index (χ1n) is 6.36. The molecule has 0 amide bonds. The fourth-order valence-corrected chi connectivity index (χ4v) is 2.69. The van der Waals surface area contributed by atoms with Crippen molar-refractivity contribution in [2.75, 3.05) is 6.61 Å². The monoisotopic (exact) mass is 209 g/mol. The van der Waals surface area contributed by atoms with Crippen LogP contribution in [0, 0.1) is 11.8 Å². The molecule has 0 aromatic heterocycles. The summed E-state index contributed by atoms with van der Waals surface area (Å²) >= 11 is 0. The second kappa shape index (κ2) is 5.02. The minimum Gasteiger partial charge on any atom is -0.497 e. The van der Waals surface area contributed by atoms with Gasteiger partial charge in [0.15, 0.2) is 0 Å². The molecule has 0 aromatic rings. The van der Waals surface area contributed by atoms with Crippen LogP contribution in [0.3, 0.4) is 0 Å². The van der Waals surface area contributed by atoms with Gasteiger partial charge in [-0.15, -0.1) is 0 Å². The van der Waals surface area contributed by atoms with Gasteiger partial charge in [-0.25, -0.2) is 0 Å². The van der Waals surface area contributed by atoms with Crippen molar-refractivity contribution in [2.45, 2.75) is 51.5 Å². The lowest BCUT2D eigenvalue weighted by Crippen LogP contribution is -2.36. The topological polar surface area (TPSA) is 35.2 Å². The largest absolute Gasteiger partial charge is 0.497 e. The molecule has 0 spiro atoms. The molecular formula is C13H23NO. The molecule has 0 saturated heterocycles. The Morgan fingerprint density at radius 2 is 2.07 bits per heavy atom. The summed E-state index contributed by atoms with van der Waals surface area (Å²) in [5.41, 5.74) is 6.28. The number of rotatable bonds is 2. The zero-order chi connectivity index (χ0) is 10.7. The molecule has 15 heavy (non-hydrogen) atoms. The van der Waals surface area contributed by atoms with Gasteiger partial charge in [-0.1, -0.05) is 19.8 Å². The van der Waals surface area contributed by atoms with Gasteiger partial charge in [-0.2, -0.15) is 0 Å². The summed E-state index contributed by atoms with van der Waals surface area (Å²) < 4.78 is 5.66. The van der Waals surface area contributed by atoms with Crippen molar-refractivity contribution in [3.63, 3.8) is 0 Å². The Labute approximate surface area is 92.9 Å². The van der Waals surface area contributed by atoms with Gasteiger partial charge in [-0.3, -0.25) is 0 Å². The number of ether oxygens (including phenoxy) is 1. The Hall–Kier alpha value is -0.500. The maximum Gasteiger partial charge on any atom is 0.109 e. The van der Waals surface area contributed by atoms with Crippen LogP contribution in [0.1, 0.15) is 45.4 Å². The fourth-order valence-electron chi connectivity index (χ4n) is 2.69. The van der Waals surface area contributed by atoms with Crippen LogP contribution < -0.4 is 5.73 Å². The molecule has 2 nitrogen and oxygen atoms in total. The van der Waals surface area contributed by atoms with Crippen LogP contribution in [0.4, 0.5) is 0 Å². The zero-order valence-corrected chi connectivity index (χ0v) is 9.74. The van der Waals surface area contributed by atoms with E-state index < -0.39 is 0 Å². The first-order valence-corrected chi connectivity index (χ1v) is 6.36. The van der Waals surface area contributed by atoms with Crippen molar-refractivity contribution in [3.8, 4) is 0 Å². The van der Waals surface area contributed by atoms with Crippen LogP contribution >= 0.6 is 0 Å². The highest BCUT2D eigenvalue weighted by Gasteiger charge is 2.27. The van der Waals surface area contributed by atoms with Gasteiger partial charge >= 0.3 is 0 Å². The molecule has 0 bridgehead atoms. The van der Waals surface area contributed by atoms with E-state index in [-0.39, 0.29) is 6.04 Å². The van der Waals surface area contributed by atoms with Gasteiger partial charge in [0.2, 0.25) is 0 Å².